The van der Waals surface area contributed by atoms with Gasteiger partial charge in [0.15, 0.2) is 0 Å². The second kappa shape index (κ2) is 16.5. The van der Waals surface area contributed by atoms with E-state index in [9.17, 15) is 0 Å². The second-order valence-corrected chi connectivity index (χ2v) is 19.7. The molecule has 2 heterocycles. The van der Waals surface area contributed by atoms with E-state index in [1.807, 2.05) is 12.1 Å². The largest absolute Gasteiger partial charge is 0.455 e. The van der Waals surface area contributed by atoms with Crippen molar-refractivity contribution in [3.63, 3.8) is 0 Å². The molecule has 14 rings (SSSR count). The monoisotopic (exact) mass is 920 g/mol. The molecule has 340 valence electrons. The zero-order valence-electron chi connectivity index (χ0n) is 40.1. The summed E-state index contributed by atoms with van der Waals surface area (Å²) in [6.07, 6.45) is 0. The Hall–Kier alpha value is -9.18. The van der Waals surface area contributed by atoms with E-state index in [4.69, 9.17) is 4.42 Å². The minimum atomic E-state index is -0.249. The Bertz CT molecular complexity index is 4200. The van der Waals surface area contributed by atoms with Gasteiger partial charge in [-0.1, -0.05) is 190 Å². The number of furan rings is 1. The van der Waals surface area contributed by atoms with Gasteiger partial charge in [-0.2, -0.15) is 0 Å². The zero-order chi connectivity index (χ0) is 47.9. The van der Waals surface area contributed by atoms with Crippen LogP contribution in [-0.4, -0.2) is 4.57 Å². The number of nitrogens with zero attached hydrogens (tertiary/aromatic N) is 2. The molecule has 0 fully saturated rings. The molecule has 0 amide bonds. The number of fused-ring (bicyclic) bond motifs is 9. The molecular formula is C69H48N2O. The number of hydrogen-bond donors (Lipinski definition) is 0. The lowest BCUT2D eigenvalue weighted by Crippen LogP contribution is -2.16. The lowest BCUT2D eigenvalue weighted by Gasteiger charge is -2.28. The van der Waals surface area contributed by atoms with Gasteiger partial charge in [0.25, 0.3) is 0 Å². The molecule has 2 aromatic heterocycles. The maximum absolute atomic E-state index is 6.49. The number of anilines is 3. The smallest absolute Gasteiger partial charge is 0.143 e. The van der Waals surface area contributed by atoms with Crippen LogP contribution in [0.2, 0.25) is 0 Å². The molecule has 0 bridgehead atoms. The zero-order valence-corrected chi connectivity index (χ0v) is 40.1. The lowest BCUT2D eigenvalue weighted by atomic mass is 9.81. The van der Waals surface area contributed by atoms with Crippen molar-refractivity contribution in [3.8, 4) is 61.3 Å². The first-order valence-electron chi connectivity index (χ1n) is 24.9. The van der Waals surface area contributed by atoms with Crippen LogP contribution in [0.4, 0.5) is 17.1 Å². The Balaban J connectivity index is 0.839. The van der Waals surface area contributed by atoms with Crippen molar-refractivity contribution in [2.75, 3.05) is 4.90 Å². The molecule has 0 spiro atoms. The van der Waals surface area contributed by atoms with Crippen molar-refractivity contribution in [3.05, 3.63) is 266 Å². The van der Waals surface area contributed by atoms with Crippen molar-refractivity contribution < 1.29 is 4.42 Å². The van der Waals surface area contributed by atoms with E-state index in [1.165, 1.54) is 83.1 Å². The lowest BCUT2D eigenvalue weighted by molar-refractivity contribution is 0.660. The minimum absolute atomic E-state index is 0.249. The summed E-state index contributed by atoms with van der Waals surface area (Å²) < 4.78 is 8.87. The maximum Gasteiger partial charge on any atom is 0.143 e. The molecule has 3 heteroatoms. The van der Waals surface area contributed by atoms with Gasteiger partial charge in [-0.15, -0.1) is 0 Å². The highest BCUT2D eigenvalue weighted by molar-refractivity contribution is 6.11. The van der Waals surface area contributed by atoms with E-state index in [2.05, 4.69) is 266 Å². The highest BCUT2D eigenvalue weighted by Gasteiger charge is 2.36. The van der Waals surface area contributed by atoms with Gasteiger partial charge in [0, 0.05) is 55.3 Å². The fraction of sp³-hybridized carbons (Fsp3) is 0.0435. The molecule has 0 aliphatic heterocycles. The molecule has 0 saturated heterocycles. The molecule has 0 unspecified atom stereocenters. The van der Waals surface area contributed by atoms with E-state index >= 15 is 0 Å². The summed E-state index contributed by atoms with van der Waals surface area (Å²) in [6, 6.07) is 92.8. The van der Waals surface area contributed by atoms with Gasteiger partial charge in [0.2, 0.25) is 0 Å². The molecule has 0 radical (unpaired) electrons. The normalized spacial score (nSPS) is 12.7. The summed E-state index contributed by atoms with van der Waals surface area (Å²) >= 11 is 0. The van der Waals surface area contributed by atoms with E-state index in [-0.39, 0.29) is 5.41 Å². The first kappa shape index (κ1) is 41.8. The molecular weight excluding hydrogens is 873 g/mol. The summed E-state index contributed by atoms with van der Waals surface area (Å²) in [5, 5.41) is 4.78. The van der Waals surface area contributed by atoms with Crippen LogP contribution < -0.4 is 4.90 Å². The second-order valence-electron chi connectivity index (χ2n) is 19.7. The van der Waals surface area contributed by atoms with Gasteiger partial charge in [0.05, 0.1) is 11.0 Å². The SMILES string of the molecule is CC1(C)c2cc(-c3ccc4c(c3)c3ccccc3n4-c3ccccc3)ccc2-c2ccc(N(c3ccc(-c4ccc(-c5ccccc5)cc4)cc3)c3ccc(-c4cccc5c4oc4ccccc45)cc3)cc21. The molecule has 3 nitrogen and oxygen atoms in total. The van der Waals surface area contributed by atoms with E-state index < -0.39 is 0 Å². The third-order valence-corrected chi connectivity index (χ3v) is 15.2. The Morgan fingerprint density at radius 1 is 0.333 bits per heavy atom. The van der Waals surface area contributed by atoms with E-state index in [0.29, 0.717) is 0 Å². The highest BCUT2D eigenvalue weighted by atomic mass is 16.3. The van der Waals surface area contributed by atoms with Crippen LogP contribution in [0.3, 0.4) is 0 Å². The molecule has 11 aromatic carbocycles. The van der Waals surface area contributed by atoms with Crippen LogP contribution in [0.15, 0.2) is 259 Å². The molecule has 72 heavy (non-hydrogen) atoms. The van der Waals surface area contributed by atoms with Gasteiger partial charge >= 0.3 is 0 Å². The number of benzene rings is 11. The molecule has 0 saturated carbocycles. The molecule has 0 N–H and O–H groups in total. The first-order chi connectivity index (χ1) is 35.4. The fourth-order valence-electron chi connectivity index (χ4n) is 11.6. The third kappa shape index (κ3) is 6.73. The molecule has 13 aromatic rings. The summed E-state index contributed by atoms with van der Waals surface area (Å²) in [7, 11) is 0. The number of hydrogen-bond acceptors (Lipinski definition) is 2. The fourth-order valence-corrected chi connectivity index (χ4v) is 11.6. The van der Waals surface area contributed by atoms with E-state index in [1.54, 1.807) is 0 Å². The Kier molecular flexibility index (Phi) is 9.56. The third-order valence-electron chi connectivity index (χ3n) is 15.2. The predicted molar refractivity (Wildman–Crippen MR) is 302 cm³/mol. The van der Waals surface area contributed by atoms with E-state index in [0.717, 1.165) is 50.1 Å². The van der Waals surface area contributed by atoms with Gasteiger partial charge in [0.1, 0.15) is 11.2 Å². The number of rotatable bonds is 8. The van der Waals surface area contributed by atoms with Gasteiger partial charge in [-0.25, -0.2) is 0 Å². The summed E-state index contributed by atoms with van der Waals surface area (Å²) in [6.45, 7) is 4.77. The van der Waals surface area contributed by atoms with Gasteiger partial charge in [-0.3, -0.25) is 0 Å². The first-order valence-corrected chi connectivity index (χ1v) is 24.9. The Morgan fingerprint density at radius 3 is 1.56 bits per heavy atom. The summed E-state index contributed by atoms with van der Waals surface area (Å²) in [5.41, 5.74) is 23.1. The summed E-state index contributed by atoms with van der Waals surface area (Å²) in [4.78, 5) is 2.40. The van der Waals surface area contributed by atoms with Crippen LogP contribution in [0.25, 0.3) is 105 Å². The minimum Gasteiger partial charge on any atom is -0.455 e. The molecule has 1 aliphatic rings. The van der Waals surface area contributed by atoms with Gasteiger partial charge in [-0.05, 0) is 140 Å². The average Bonchev–Trinajstić information content (AvgIpc) is 4.06. The van der Waals surface area contributed by atoms with Crippen molar-refractivity contribution in [2.45, 2.75) is 19.3 Å². The van der Waals surface area contributed by atoms with Crippen molar-refractivity contribution in [2.24, 2.45) is 0 Å². The van der Waals surface area contributed by atoms with Crippen LogP contribution >= 0.6 is 0 Å². The topological polar surface area (TPSA) is 21.3 Å². The van der Waals surface area contributed by atoms with Crippen LogP contribution in [-0.2, 0) is 5.41 Å². The Morgan fingerprint density at radius 2 is 0.833 bits per heavy atom. The highest BCUT2D eigenvalue weighted by Crippen LogP contribution is 2.52. The maximum atomic E-state index is 6.49. The van der Waals surface area contributed by atoms with Crippen molar-refractivity contribution in [1.82, 2.24) is 4.57 Å². The van der Waals surface area contributed by atoms with Crippen molar-refractivity contribution >= 4 is 60.8 Å². The average molecular weight is 921 g/mol. The summed E-state index contributed by atoms with van der Waals surface area (Å²) in [5.74, 6) is 0. The molecule has 0 atom stereocenters. The Labute approximate surface area is 419 Å². The predicted octanol–water partition coefficient (Wildman–Crippen LogP) is 19.1. The standard InChI is InChI=1S/C69H48N2O/c1-69(2)63-43-51(50-33-41-66-62(42-50)59-18-9-11-22-65(59)71(66)52-16-7-4-8-17-52)32-39-57(63)58-40-38-55(44-64(58)69)70(53-34-28-48(29-35-53)47-26-24-46(25-27-47)45-14-5-3-6-15-45)54-36-30-49(31-37-54)56-20-13-21-61-60-19-10-12-23-67(60)72-68(56)61/h3-44H,1-2H3. The van der Waals surface area contributed by atoms with Crippen LogP contribution in [0.5, 0.6) is 0 Å². The number of aromatic nitrogens is 1. The molecule has 1 aliphatic carbocycles. The van der Waals surface area contributed by atoms with Gasteiger partial charge < -0.3 is 13.9 Å². The van der Waals surface area contributed by atoms with Crippen molar-refractivity contribution in [1.29, 1.82) is 0 Å². The van der Waals surface area contributed by atoms with Crippen LogP contribution in [0.1, 0.15) is 25.0 Å². The quantitative estimate of drug-likeness (QED) is 0.151. The van der Waals surface area contributed by atoms with Crippen LogP contribution in [0, 0.1) is 0 Å². The number of para-hydroxylation sites is 4.